The molecule has 0 aliphatic heterocycles. The SMILES string of the molecule is COC(=O)CN(C)C(=O)[C@H](N)C(C)(C)C. The van der Waals surface area contributed by atoms with Crippen LogP contribution in [-0.2, 0) is 14.3 Å². The highest BCUT2D eigenvalue weighted by atomic mass is 16.5. The van der Waals surface area contributed by atoms with Gasteiger partial charge in [-0.25, -0.2) is 0 Å². The van der Waals surface area contributed by atoms with Crippen molar-refractivity contribution >= 4 is 11.9 Å². The summed E-state index contributed by atoms with van der Waals surface area (Å²) in [5.41, 5.74) is 5.45. The molecule has 0 aromatic heterocycles. The lowest BCUT2D eigenvalue weighted by Crippen LogP contribution is -2.50. The normalized spacial score (nSPS) is 13.2. The molecule has 0 unspecified atom stereocenters. The smallest absolute Gasteiger partial charge is 0.325 e. The zero-order valence-electron chi connectivity index (χ0n) is 10.0. The Morgan fingerprint density at radius 3 is 2.20 bits per heavy atom. The number of carbonyl (C=O) groups excluding carboxylic acids is 2. The van der Waals surface area contributed by atoms with E-state index in [1.54, 1.807) is 0 Å². The average molecular weight is 216 g/mol. The lowest BCUT2D eigenvalue weighted by molar-refractivity contribution is -0.147. The minimum Gasteiger partial charge on any atom is -0.468 e. The largest absolute Gasteiger partial charge is 0.468 e. The van der Waals surface area contributed by atoms with E-state index in [1.165, 1.54) is 19.1 Å². The third-order valence-corrected chi connectivity index (χ3v) is 2.17. The lowest BCUT2D eigenvalue weighted by atomic mass is 9.86. The van der Waals surface area contributed by atoms with Crippen LogP contribution < -0.4 is 5.73 Å². The number of rotatable bonds is 3. The molecule has 0 aliphatic carbocycles. The van der Waals surface area contributed by atoms with Crippen molar-refractivity contribution in [2.45, 2.75) is 26.8 Å². The van der Waals surface area contributed by atoms with Gasteiger partial charge in [-0.3, -0.25) is 9.59 Å². The van der Waals surface area contributed by atoms with Gasteiger partial charge in [0, 0.05) is 7.05 Å². The summed E-state index contributed by atoms with van der Waals surface area (Å²) in [7, 11) is 2.81. The second-order valence-electron chi connectivity index (χ2n) is 4.61. The number of esters is 1. The Hall–Kier alpha value is -1.10. The average Bonchev–Trinajstić information content (AvgIpc) is 2.13. The molecule has 0 saturated carbocycles. The van der Waals surface area contributed by atoms with Gasteiger partial charge in [-0.15, -0.1) is 0 Å². The van der Waals surface area contributed by atoms with Crippen molar-refractivity contribution in [2.24, 2.45) is 11.1 Å². The van der Waals surface area contributed by atoms with E-state index in [2.05, 4.69) is 4.74 Å². The number of ether oxygens (including phenoxy) is 1. The number of hydrogen-bond acceptors (Lipinski definition) is 4. The van der Waals surface area contributed by atoms with Gasteiger partial charge < -0.3 is 15.4 Å². The van der Waals surface area contributed by atoms with Gasteiger partial charge in [0.25, 0.3) is 0 Å². The highest BCUT2D eigenvalue weighted by Gasteiger charge is 2.30. The summed E-state index contributed by atoms with van der Waals surface area (Å²) in [6, 6.07) is -0.618. The van der Waals surface area contributed by atoms with E-state index in [-0.39, 0.29) is 17.9 Å². The van der Waals surface area contributed by atoms with E-state index in [0.717, 1.165) is 0 Å². The highest BCUT2D eigenvalue weighted by molar-refractivity contribution is 5.85. The van der Waals surface area contributed by atoms with Crippen LogP contribution in [0.2, 0.25) is 0 Å². The molecule has 0 saturated heterocycles. The molecular weight excluding hydrogens is 196 g/mol. The Morgan fingerprint density at radius 1 is 1.40 bits per heavy atom. The standard InChI is InChI=1S/C10H20N2O3/c1-10(2,3)8(11)9(14)12(4)6-7(13)15-5/h8H,6,11H2,1-5H3/t8-/m0/s1. The Balaban J connectivity index is 4.39. The van der Waals surface area contributed by atoms with Gasteiger partial charge in [0.1, 0.15) is 6.54 Å². The number of likely N-dealkylation sites (N-methyl/N-ethyl adjacent to an activating group) is 1. The van der Waals surface area contributed by atoms with Crippen LogP contribution in [0.15, 0.2) is 0 Å². The van der Waals surface area contributed by atoms with Gasteiger partial charge in [-0.2, -0.15) is 0 Å². The predicted octanol–water partition coefficient (Wildman–Crippen LogP) is -0.00880. The van der Waals surface area contributed by atoms with Crippen molar-refractivity contribution in [3.05, 3.63) is 0 Å². The Morgan fingerprint density at radius 2 is 1.87 bits per heavy atom. The zero-order chi connectivity index (χ0) is 12.2. The third kappa shape index (κ3) is 4.29. The quantitative estimate of drug-likeness (QED) is 0.673. The maximum atomic E-state index is 11.7. The first-order chi connectivity index (χ1) is 6.70. The van der Waals surface area contributed by atoms with Crippen LogP contribution in [0.4, 0.5) is 0 Å². The monoisotopic (exact) mass is 216 g/mol. The molecule has 88 valence electrons. The number of methoxy groups -OCH3 is 1. The van der Waals surface area contributed by atoms with Gasteiger partial charge in [0.15, 0.2) is 0 Å². The number of nitrogens with two attached hydrogens (primary N) is 1. The van der Waals surface area contributed by atoms with Crippen molar-refractivity contribution in [1.29, 1.82) is 0 Å². The van der Waals surface area contributed by atoms with Crippen LogP contribution in [0.25, 0.3) is 0 Å². The molecule has 0 radical (unpaired) electrons. The summed E-state index contributed by atoms with van der Waals surface area (Å²) < 4.78 is 4.46. The molecule has 1 amide bonds. The van der Waals surface area contributed by atoms with Gasteiger partial charge in [-0.05, 0) is 5.41 Å². The van der Waals surface area contributed by atoms with Crippen LogP contribution in [-0.4, -0.2) is 43.5 Å². The molecule has 0 aromatic rings. The minimum atomic E-state index is -0.618. The van der Waals surface area contributed by atoms with E-state index in [0.29, 0.717) is 0 Å². The van der Waals surface area contributed by atoms with Crippen LogP contribution in [0.5, 0.6) is 0 Å². The number of amides is 1. The van der Waals surface area contributed by atoms with E-state index in [4.69, 9.17) is 5.73 Å². The molecule has 15 heavy (non-hydrogen) atoms. The molecule has 5 nitrogen and oxygen atoms in total. The first kappa shape index (κ1) is 13.9. The summed E-state index contributed by atoms with van der Waals surface area (Å²) >= 11 is 0. The first-order valence-corrected chi connectivity index (χ1v) is 4.77. The van der Waals surface area contributed by atoms with Crippen molar-refractivity contribution in [2.75, 3.05) is 20.7 Å². The molecule has 0 aromatic carbocycles. The van der Waals surface area contributed by atoms with Gasteiger partial charge >= 0.3 is 5.97 Å². The first-order valence-electron chi connectivity index (χ1n) is 4.77. The molecule has 0 rings (SSSR count). The highest BCUT2D eigenvalue weighted by Crippen LogP contribution is 2.18. The topological polar surface area (TPSA) is 72.6 Å². The fourth-order valence-corrected chi connectivity index (χ4v) is 0.944. The van der Waals surface area contributed by atoms with Crippen LogP contribution in [0.3, 0.4) is 0 Å². The molecule has 0 aliphatic rings. The summed E-state index contributed by atoms with van der Waals surface area (Å²) in [5.74, 6) is -0.708. The molecule has 0 spiro atoms. The second-order valence-corrected chi connectivity index (χ2v) is 4.61. The van der Waals surface area contributed by atoms with E-state index in [1.807, 2.05) is 20.8 Å². The number of hydrogen-bond donors (Lipinski definition) is 1. The van der Waals surface area contributed by atoms with Gasteiger partial charge in [0.05, 0.1) is 13.2 Å². The van der Waals surface area contributed by atoms with Crippen LogP contribution in [0, 0.1) is 5.41 Å². The number of nitrogens with zero attached hydrogens (tertiary/aromatic N) is 1. The molecule has 1 atom stereocenters. The molecule has 2 N–H and O–H groups in total. The molecule has 0 bridgehead atoms. The van der Waals surface area contributed by atoms with Crippen LogP contribution in [0.1, 0.15) is 20.8 Å². The maximum absolute atomic E-state index is 11.7. The summed E-state index contributed by atoms with van der Waals surface area (Å²) in [6.07, 6.45) is 0. The number of carbonyl (C=O) groups is 2. The third-order valence-electron chi connectivity index (χ3n) is 2.17. The van der Waals surface area contributed by atoms with E-state index >= 15 is 0 Å². The van der Waals surface area contributed by atoms with Crippen molar-refractivity contribution < 1.29 is 14.3 Å². The van der Waals surface area contributed by atoms with Gasteiger partial charge in [0.2, 0.25) is 5.91 Å². The summed E-state index contributed by atoms with van der Waals surface area (Å²) in [5, 5.41) is 0. The fraction of sp³-hybridized carbons (Fsp3) is 0.800. The Labute approximate surface area is 90.6 Å². The summed E-state index contributed by atoms with van der Waals surface area (Å²) in [4.78, 5) is 24.0. The fourth-order valence-electron chi connectivity index (χ4n) is 0.944. The Bertz CT molecular complexity index is 246. The second kappa shape index (κ2) is 5.11. The Kier molecular flexibility index (Phi) is 4.74. The van der Waals surface area contributed by atoms with Crippen LogP contribution >= 0.6 is 0 Å². The van der Waals surface area contributed by atoms with Gasteiger partial charge in [-0.1, -0.05) is 20.8 Å². The molecule has 0 fully saturated rings. The zero-order valence-corrected chi connectivity index (χ0v) is 10.0. The summed E-state index contributed by atoms with van der Waals surface area (Å²) in [6.45, 7) is 5.56. The minimum absolute atomic E-state index is 0.0703. The molecule has 0 heterocycles. The molecule has 5 heteroatoms. The molecular formula is C10H20N2O3. The van der Waals surface area contributed by atoms with E-state index < -0.39 is 12.0 Å². The maximum Gasteiger partial charge on any atom is 0.325 e. The van der Waals surface area contributed by atoms with Crippen molar-refractivity contribution in [3.8, 4) is 0 Å². The lowest BCUT2D eigenvalue weighted by Gasteiger charge is -2.29. The van der Waals surface area contributed by atoms with Crippen molar-refractivity contribution in [1.82, 2.24) is 4.90 Å². The van der Waals surface area contributed by atoms with Crippen molar-refractivity contribution in [3.63, 3.8) is 0 Å². The predicted molar refractivity (Wildman–Crippen MR) is 57.1 cm³/mol. The van der Waals surface area contributed by atoms with E-state index in [9.17, 15) is 9.59 Å².